The van der Waals surface area contributed by atoms with Gasteiger partial charge in [0.2, 0.25) is 0 Å². The number of carbonyl (C=O) groups is 1. The van der Waals surface area contributed by atoms with E-state index in [0.29, 0.717) is 22.6 Å². The topological polar surface area (TPSA) is 72.7 Å². The van der Waals surface area contributed by atoms with Gasteiger partial charge in [-0.3, -0.25) is 14.3 Å². The van der Waals surface area contributed by atoms with Crippen LogP contribution >= 0.6 is 0 Å². The van der Waals surface area contributed by atoms with E-state index in [9.17, 15) is 4.79 Å². The molecule has 4 rings (SSSR count). The maximum Gasteiger partial charge on any atom is 0.257 e. The van der Waals surface area contributed by atoms with Crippen LogP contribution in [0.2, 0.25) is 0 Å². The van der Waals surface area contributed by atoms with Gasteiger partial charge in [-0.1, -0.05) is 18.2 Å². The third-order valence-electron chi connectivity index (χ3n) is 3.97. The fourth-order valence-corrected chi connectivity index (χ4v) is 2.77. The van der Waals surface area contributed by atoms with Crippen LogP contribution in [-0.4, -0.2) is 25.4 Å². The Hall–Kier alpha value is -3.54. The normalized spacial score (nSPS) is 10.8. The third-order valence-corrected chi connectivity index (χ3v) is 3.97. The molecule has 0 saturated carbocycles. The fourth-order valence-electron chi connectivity index (χ4n) is 2.77. The van der Waals surface area contributed by atoms with Crippen LogP contribution < -0.4 is 5.32 Å². The number of amides is 1. The summed E-state index contributed by atoms with van der Waals surface area (Å²) in [6.45, 7) is 1.88. The average Bonchev–Trinajstić information content (AvgIpc) is 3.07. The number of pyridine rings is 2. The first-order valence-electron chi connectivity index (χ1n) is 7.84. The molecule has 0 aliphatic rings. The molecule has 0 spiro atoms. The lowest BCUT2D eigenvalue weighted by Gasteiger charge is -2.12. The molecule has 25 heavy (non-hydrogen) atoms. The molecule has 0 aliphatic carbocycles. The van der Waals surface area contributed by atoms with Crippen LogP contribution in [-0.2, 0) is 0 Å². The molecule has 0 fully saturated rings. The number of aryl methyl sites for hydroxylation is 1. The van der Waals surface area contributed by atoms with Gasteiger partial charge in [-0.25, -0.2) is 9.97 Å². The Morgan fingerprint density at radius 2 is 1.76 bits per heavy atom. The number of nitrogens with zero attached hydrogens (tertiary/aromatic N) is 4. The zero-order valence-corrected chi connectivity index (χ0v) is 13.5. The highest BCUT2D eigenvalue weighted by Crippen LogP contribution is 2.21. The first kappa shape index (κ1) is 15.0. The van der Waals surface area contributed by atoms with Crippen molar-refractivity contribution in [3.05, 3.63) is 78.6 Å². The third kappa shape index (κ3) is 2.74. The Morgan fingerprint density at radius 3 is 2.60 bits per heavy atom. The number of nitrogens with one attached hydrogen (secondary N) is 1. The number of anilines is 1. The van der Waals surface area contributed by atoms with Crippen LogP contribution in [0.25, 0.3) is 16.7 Å². The smallest absolute Gasteiger partial charge is 0.257 e. The van der Waals surface area contributed by atoms with Gasteiger partial charge < -0.3 is 5.32 Å². The molecule has 3 heterocycles. The number of para-hydroxylation sites is 1. The maximum absolute atomic E-state index is 12.8. The Kier molecular flexibility index (Phi) is 3.70. The molecule has 4 aromatic rings. The summed E-state index contributed by atoms with van der Waals surface area (Å²) in [5.74, 6) is 1.19. The highest BCUT2D eigenvalue weighted by atomic mass is 16.1. The van der Waals surface area contributed by atoms with Gasteiger partial charge in [0.05, 0.1) is 16.8 Å². The predicted molar refractivity (Wildman–Crippen MR) is 95.8 cm³/mol. The Balaban J connectivity index is 1.74. The Labute approximate surface area is 144 Å². The number of hydrogen-bond acceptors (Lipinski definition) is 4. The number of carbonyl (C=O) groups excluding carboxylic acids is 1. The molecule has 0 aliphatic heterocycles. The van der Waals surface area contributed by atoms with E-state index >= 15 is 0 Å². The van der Waals surface area contributed by atoms with E-state index < -0.39 is 0 Å². The number of rotatable bonds is 3. The summed E-state index contributed by atoms with van der Waals surface area (Å²) in [6, 6.07) is 12.9. The lowest BCUT2D eigenvalue weighted by Crippen LogP contribution is -2.15. The molecule has 0 unspecified atom stereocenters. The largest absolute Gasteiger partial charge is 0.319 e. The monoisotopic (exact) mass is 329 g/mol. The van der Waals surface area contributed by atoms with E-state index in [1.165, 1.54) is 0 Å². The molecule has 1 N–H and O–H groups in total. The summed E-state index contributed by atoms with van der Waals surface area (Å²) >= 11 is 0. The van der Waals surface area contributed by atoms with Gasteiger partial charge in [0.25, 0.3) is 5.91 Å². The van der Waals surface area contributed by atoms with Crippen molar-refractivity contribution < 1.29 is 4.79 Å². The fraction of sp³-hybridized carbons (Fsp3) is 0.0526. The summed E-state index contributed by atoms with van der Waals surface area (Å²) in [5, 5.41) is 3.87. The van der Waals surface area contributed by atoms with Gasteiger partial charge in [-0.15, -0.1) is 0 Å². The zero-order chi connectivity index (χ0) is 17.2. The predicted octanol–water partition coefficient (Wildman–Crippen LogP) is 3.38. The molecule has 0 radical (unpaired) electrons. The standard InChI is InChI=1S/C19H15N5O/c1-13-20-11-12-24(13)18-16(8-4-10-22-18)23-19(25)15-7-2-5-14-6-3-9-21-17(14)15/h2-12H,1H3,(H,23,25). The Bertz CT molecular complexity index is 1060. The second-order valence-corrected chi connectivity index (χ2v) is 5.55. The van der Waals surface area contributed by atoms with Crippen LogP contribution in [0.4, 0.5) is 5.69 Å². The first-order chi connectivity index (χ1) is 12.2. The summed E-state index contributed by atoms with van der Waals surface area (Å²) in [4.78, 5) is 25.8. The molecular weight excluding hydrogens is 314 g/mol. The van der Waals surface area contributed by atoms with Gasteiger partial charge in [0.15, 0.2) is 5.82 Å². The van der Waals surface area contributed by atoms with E-state index in [-0.39, 0.29) is 5.91 Å². The second-order valence-electron chi connectivity index (χ2n) is 5.55. The Morgan fingerprint density at radius 1 is 0.960 bits per heavy atom. The van der Waals surface area contributed by atoms with Gasteiger partial charge >= 0.3 is 0 Å². The lowest BCUT2D eigenvalue weighted by atomic mass is 10.1. The molecular formula is C19H15N5O. The number of hydrogen-bond donors (Lipinski definition) is 1. The average molecular weight is 329 g/mol. The summed E-state index contributed by atoms with van der Waals surface area (Å²) < 4.78 is 1.83. The molecule has 3 aromatic heterocycles. The molecule has 122 valence electrons. The van der Waals surface area contributed by atoms with Gasteiger partial charge in [0.1, 0.15) is 5.82 Å². The van der Waals surface area contributed by atoms with Crippen LogP contribution in [0.1, 0.15) is 16.2 Å². The number of fused-ring (bicyclic) bond motifs is 1. The van der Waals surface area contributed by atoms with Crippen molar-refractivity contribution in [1.82, 2.24) is 19.5 Å². The maximum atomic E-state index is 12.8. The number of aromatic nitrogens is 4. The minimum absolute atomic E-state index is 0.226. The summed E-state index contributed by atoms with van der Waals surface area (Å²) in [5.41, 5.74) is 1.81. The van der Waals surface area contributed by atoms with E-state index in [1.807, 2.05) is 48.0 Å². The van der Waals surface area contributed by atoms with E-state index in [0.717, 1.165) is 11.2 Å². The van der Waals surface area contributed by atoms with E-state index in [1.54, 1.807) is 30.7 Å². The van der Waals surface area contributed by atoms with Crippen LogP contribution in [0.15, 0.2) is 67.3 Å². The van der Waals surface area contributed by atoms with Crippen molar-refractivity contribution in [2.75, 3.05) is 5.32 Å². The van der Waals surface area contributed by atoms with Crippen molar-refractivity contribution in [3.63, 3.8) is 0 Å². The molecule has 0 atom stereocenters. The second kappa shape index (κ2) is 6.16. The molecule has 1 aromatic carbocycles. The van der Waals surface area contributed by atoms with Crippen LogP contribution in [0, 0.1) is 6.92 Å². The molecule has 6 nitrogen and oxygen atoms in total. The molecule has 0 bridgehead atoms. The van der Waals surface area contributed by atoms with Crippen molar-refractivity contribution in [2.45, 2.75) is 6.92 Å². The summed E-state index contributed by atoms with van der Waals surface area (Å²) in [7, 11) is 0. The van der Waals surface area contributed by atoms with Crippen molar-refractivity contribution in [2.24, 2.45) is 0 Å². The molecule has 6 heteroatoms. The first-order valence-corrected chi connectivity index (χ1v) is 7.84. The molecule has 0 saturated heterocycles. The number of benzene rings is 1. The van der Waals surface area contributed by atoms with Crippen molar-refractivity contribution >= 4 is 22.5 Å². The van der Waals surface area contributed by atoms with Crippen LogP contribution in [0.3, 0.4) is 0 Å². The molecule has 1 amide bonds. The van der Waals surface area contributed by atoms with Crippen molar-refractivity contribution in [1.29, 1.82) is 0 Å². The SMILES string of the molecule is Cc1nccn1-c1ncccc1NC(=O)c1cccc2cccnc12. The highest BCUT2D eigenvalue weighted by molar-refractivity contribution is 6.12. The van der Waals surface area contributed by atoms with E-state index in [2.05, 4.69) is 20.3 Å². The van der Waals surface area contributed by atoms with Gasteiger partial charge in [-0.05, 0) is 31.2 Å². The van der Waals surface area contributed by atoms with Crippen LogP contribution in [0.5, 0.6) is 0 Å². The van der Waals surface area contributed by atoms with Gasteiger partial charge in [0, 0.05) is 30.2 Å². The minimum Gasteiger partial charge on any atom is -0.319 e. The van der Waals surface area contributed by atoms with Gasteiger partial charge in [-0.2, -0.15) is 0 Å². The quantitative estimate of drug-likeness (QED) is 0.625. The number of imidazole rings is 1. The highest BCUT2D eigenvalue weighted by Gasteiger charge is 2.14. The lowest BCUT2D eigenvalue weighted by molar-refractivity contribution is 0.102. The zero-order valence-electron chi connectivity index (χ0n) is 13.5. The summed E-state index contributed by atoms with van der Waals surface area (Å²) in [6.07, 6.45) is 6.88. The van der Waals surface area contributed by atoms with E-state index in [4.69, 9.17) is 0 Å². The van der Waals surface area contributed by atoms with Crippen molar-refractivity contribution in [3.8, 4) is 5.82 Å². The minimum atomic E-state index is -0.226.